The van der Waals surface area contributed by atoms with Gasteiger partial charge < -0.3 is 9.67 Å². The van der Waals surface area contributed by atoms with Gasteiger partial charge in [-0.3, -0.25) is 0 Å². The smallest absolute Gasteiger partial charge is 0.221 e. The first-order valence-corrected chi connectivity index (χ1v) is 10.6. The van der Waals surface area contributed by atoms with Crippen molar-refractivity contribution in [1.29, 1.82) is 0 Å². The minimum absolute atomic E-state index is 0.194. The molecule has 3 aromatic rings. The Morgan fingerprint density at radius 1 is 1.15 bits per heavy atom. The van der Waals surface area contributed by atoms with Gasteiger partial charge in [0.15, 0.2) is 5.69 Å². The van der Waals surface area contributed by atoms with Crippen LogP contribution in [0.3, 0.4) is 0 Å². The molecule has 0 aliphatic carbocycles. The number of halogens is 1. The molecule has 6 heteroatoms. The summed E-state index contributed by atoms with van der Waals surface area (Å²) in [7, 11) is 0. The average Bonchev–Trinajstić information content (AvgIpc) is 2.86. The van der Waals surface area contributed by atoms with Crippen LogP contribution in [0.15, 0.2) is 46.6 Å². The van der Waals surface area contributed by atoms with Crippen LogP contribution in [-0.2, 0) is 0 Å². The van der Waals surface area contributed by atoms with Crippen molar-refractivity contribution >= 4 is 45.6 Å². The third-order valence-electron chi connectivity index (χ3n) is 5.06. The van der Waals surface area contributed by atoms with Gasteiger partial charge in [0, 0.05) is 21.9 Å². The van der Waals surface area contributed by atoms with Crippen LogP contribution in [-0.4, -0.2) is 21.2 Å². The molecule has 140 valence electrons. The van der Waals surface area contributed by atoms with Crippen LogP contribution in [0.4, 0.5) is 11.4 Å². The zero-order chi connectivity index (χ0) is 19.1. The summed E-state index contributed by atoms with van der Waals surface area (Å²) < 4.78 is 2.01. The van der Waals surface area contributed by atoms with Gasteiger partial charge in [-0.1, -0.05) is 37.6 Å². The van der Waals surface area contributed by atoms with Gasteiger partial charge in [0.25, 0.3) is 0 Å². The van der Waals surface area contributed by atoms with Crippen molar-refractivity contribution in [2.24, 2.45) is 10.2 Å². The van der Waals surface area contributed by atoms with Crippen LogP contribution in [0.5, 0.6) is 5.88 Å². The molecular weight excluding hydrogens is 378 g/mol. The highest BCUT2D eigenvalue weighted by Gasteiger charge is 2.27. The minimum Gasteiger partial charge on any atom is -0.493 e. The van der Waals surface area contributed by atoms with E-state index in [1.165, 1.54) is 5.56 Å². The lowest BCUT2D eigenvalue weighted by Crippen LogP contribution is -2.22. The van der Waals surface area contributed by atoms with Gasteiger partial charge in [-0.15, -0.1) is 5.11 Å². The van der Waals surface area contributed by atoms with Gasteiger partial charge in [0.1, 0.15) is 0 Å². The number of hydrogen-bond donors (Lipinski definition) is 1. The molecule has 1 aromatic heterocycles. The minimum atomic E-state index is 0.194. The van der Waals surface area contributed by atoms with E-state index < -0.39 is 0 Å². The third-order valence-corrected chi connectivity index (χ3v) is 6.53. The van der Waals surface area contributed by atoms with Gasteiger partial charge >= 0.3 is 0 Å². The lowest BCUT2D eigenvalue weighted by molar-refractivity contribution is 0.406. The van der Waals surface area contributed by atoms with Crippen molar-refractivity contribution in [2.45, 2.75) is 32.7 Å². The van der Waals surface area contributed by atoms with Gasteiger partial charge in [-0.2, -0.15) is 16.9 Å². The summed E-state index contributed by atoms with van der Waals surface area (Å²) in [6, 6.07) is 12.2. The van der Waals surface area contributed by atoms with E-state index in [-0.39, 0.29) is 5.88 Å². The number of fused-ring (bicyclic) bond motifs is 1. The van der Waals surface area contributed by atoms with Gasteiger partial charge in [-0.25, -0.2) is 0 Å². The molecule has 0 amide bonds. The van der Waals surface area contributed by atoms with E-state index in [0.717, 1.165) is 28.0 Å². The topological polar surface area (TPSA) is 49.9 Å². The van der Waals surface area contributed by atoms with E-state index in [1.807, 2.05) is 35.4 Å². The summed E-state index contributed by atoms with van der Waals surface area (Å²) in [5, 5.41) is 21.4. The Kier molecular flexibility index (Phi) is 4.91. The van der Waals surface area contributed by atoms with Crippen molar-refractivity contribution in [3.8, 4) is 5.88 Å². The first-order chi connectivity index (χ1) is 13.0. The first-order valence-electron chi connectivity index (χ1n) is 9.08. The quantitative estimate of drug-likeness (QED) is 0.474. The molecule has 2 heterocycles. The molecule has 0 saturated carbocycles. The maximum absolute atomic E-state index is 11.0. The van der Waals surface area contributed by atoms with Crippen LogP contribution < -0.4 is 0 Å². The number of azo groups is 1. The first kappa shape index (κ1) is 18.4. The predicted octanol–water partition coefficient (Wildman–Crippen LogP) is 7.14. The maximum atomic E-state index is 11.0. The Hall–Kier alpha value is -1.98. The molecule has 0 atom stereocenters. The second-order valence-electron chi connectivity index (χ2n) is 7.30. The summed E-state index contributed by atoms with van der Waals surface area (Å²) >= 11 is 7.98. The number of aryl methyl sites for hydroxylation is 1. The number of aromatic nitrogens is 1. The molecule has 1 N–H and O–H groups in total. The molecule has 0 unspecified atom stereocenters. The molecule has 4 rings (SSSR count). The molecule has 4 nitrogen and oxygen atoms in total. The number of nitrogens with zero attached hydrogens (tertiary/aromatic N) is 3. The highest BCUT2D eigenvalue weighted by atomic mass is 35.5. The van der Waals surface area contributed by atoms with Gasteiger partial charge in [0.2, 0.25) is 5.88 Å². The number of rotatable bonds is 4. The Labute approximate surface area is 168 Å². The highest BCUT2D eigenvalue weighted by molar-refractivity contribution is 8.00. The lowest BCUT2D eigenvalue weighted by Gasteiger charge is -2.27. The second-order valence-corrected chi connectivity index (χ2v) is 8.81. The molecule has 1 aliphatic rings. The van der Waals surface area contributed by atoms with E-state index in [9.17, 15) is 5.11 Å². The summed E-state index contributed by atoms with van der Waals surface area (Å²) in [6.45, 7) is 6.30. The Bertz CT molecular complexity index is 1040. The zero-order valence-corrected chi connectivity index (χ0v) is 17.2. The Morgan fingerprint density at radius 2 is 1.93 bits per heavy atom. The standard InChI is InChI=1S/C21H22ClN3OS/c1-12(2)14-5-7-19-17(8-14)20(21(26)25(19)16-10-27-11-16)24-23-18-9-15(22)6-4-13(18)3/h4-9,12,16,26H,10-11H2,1-3H3. The van der Waals surface area contributed by atoms with E-state index in [1.54, 1.807) is 6.07 Å². The fourth-order valence-corrected chi connectivity index (χ4v) is 4.21. The van der Waals surface area contributed by atoms with Crippen LogP contribution in [0.25, 0.3) is 10.9 Å². The molecular formula is C21H22ClN3OS. The van der Waals surface area contributed by atoms with E-state index in [2.05, 4.69) is 42.3 Å². The SMILES string of the molecule is Cc1ccc(Cl)cc1N=Nc1c(O)n(C2CSC2)c2ccc(C(C)C)cc12. The molecule has 0 spiro atoms. The van der Waals surface area contributed by atoms with Crippen molar-refractivity contribution < 1.29 is 5.11 Å². The molecule has 1 fully saturated rings. The molecule has 2 aromatic carbocycles. The van der Waals surface area contributed by atoms with Crippen molar-refractivity contribution in [1.82, 2.24) is 4.57 Å². The molecule has 1 aliphatic heterocycles. The number of thioether (sulfide) groups is 1. The zero-order valence-electron chi connectivity index (χ0n) is 15.6. The number of aromatic hydroxyl groups is 1. The monoisotopic (exact) mass is 399 g/mol. The van der Waals surface area contributed by atoms with E-state index in [4.69, 9.17) is 11.6 Å². The fourth-order valence-electron chi connectivity index (χ4n) is 3.30. The normalized spacial score (nSPS) is 15.1. The molecule has 0 bridgehead atoms. The molecule has 1 saturated heterocycles. The predicted molar refractivity (Wildman–Crippen MR) is 114 cm³/mol. The molecule has 27 heavy (non-hydrogen) atoms. The Morgan fingerprint density at radius 3 is 2.59 bits per heavy atom. The van der Waals surface area contributed by atoms with Crippen LogP contribution >= 0.6 is 23.4 Å². The Balaban J connectivity index is 1.87. The van der Waals surface area contributed by atoms with E-state index >= 15 is 0 Å². The van der Waals surface area contributed by atoms with Crippen molar-refractivity contribution in [2.75, 3.05) is 11.5 Å². The lowest BCUT2D eigenvalue weighted by atomic mass is 10.0. The van der Waals surface area contributed by atoms with Crippen LogP contribution in [0.2, 0.25) is 5.02 Å². The van der Waals surface area contributed by atoms with Crippen LogP contribution in [0.1, 0.15) is 36.9 Å². The van der Waals surface area contributed by atoms with E-state index in [0.29, 0.717) is 28.4 Å². The molecule has 0 radical (unpaired) electrons. The number of hydrogen-bond acceptors (Lipinski definition) is 4. The number of benzene rings is 2. The summed E-state index contributed by atoms with van der Waals surface area (Å²) in [5.41, 5.74) is 4.47. The third kappa shape index (κ3) is 3.34. The van der Waals surface area contributed by atoms with Gasteiger partial charge in [-0.05, 0) is 48.2 Å². The van der Waals surface area contributed by atoms with Crippen LogP contribution in [0, 0.1) is 6.92 Å². The van der Waals surface area contributed by atoms with Crippen molar-refractivity contribution in [3.63, 3.8) is 0 Å². The van der Waals surface area contributed by atoms with Gasteiger partial charge in [0.05, 0.1) is 17.2 Å². The summed E-state index contributed by atoms with van der Waals surface area (Å²) in [5.74, 6) is 2.61. The average molecular weight is 400 g/mol. The van der Waals surface area contributed by atoms with Crippen molar-refractivity contribution in [3.05, 3.63) is 52.5 Å². The highest BCUT2D eigenvalue weighted by Crippen LogP contribution is 2.45. The second kappa shape index (κ2) is 7.21. The summed E-state index contributed by atoms with van der Waals surface area (Å²) in [6.07, 6.45) is 0. The maximum Gasteiger partial charge on any atom is 0.221 e. The fraction of sp³-hybridized carbons (Fsp3) is 0.333. The summed E-state index contributed by atoms with van der Waals surface area (Å²) in [4.78, 5) is 0. The largest absolute Gasteiger partial charge is 0.493 e.